The van der Waals surface area contributed by atoms with Gasteiger partial charge in [0, 0.05) is 55.2 Å². The Morgan fingerprint density at radius 1 is 0.895 bits per heavy atom. The van der Waals surface area contributed by atoms with E-state index in [1.807, 2.05) is 83.5 Å². The Morgan fingerprint density at radius 2 is 1.63 bits per heavy atom. The molecule has 1 fully saturated rings. The van der Waals surface area contributed by atoms with Crippen molar-refractivity contribution in [1.29, 1.82) is 0 Å². The van der Waals surface area contributed by atoms with E-state index < -0.39 is 9.84 Å². The summed E-state index contributed by atoms with van der Waals surface area (Å²) in [5.74, 6) is 2.24. The molecule has 0 spiro atoms. The van der Waals surface area contributed by atoms with Gasteiger partial charge in [-0.05, 0) is 54.1 Å². The second-order valence-electron chi connectivity index (χ2n) is 9.23. The number of aryl methyl sites for hydroxylation is 1. The highest BCUT2D eigenvalue weighted by molar-refractivity contribution is 7.91. The van der Waals surface area contributed by atoms with Crippen LogP contribution in [0.1, 0.15) is 5.82 Å². The molecule has 10 heteroatoms. The molecule has 9 nitrogen and oxygen atoms in total. The molecule has 0 unspecified atom stereocenters. The highest BCUT2D eigenvalue weighted by Crippen LogP contribution is 2.32. The molecule has 0 atom stereocenters. The monoisotopic (exact) mass is 526 g/mol. The molecule has 3 aromatic heterocycles. The van der Waals surface area contributed by atoms with Crippen molar-refractivity contribution in [1.82, 2.24) is 24.7 Å². The highest BCUT2D eigenvalue weighted by Gasteiger charge is 2.24. The lowest BCUT2D eigenvalue weighted by atomic mass is 10.0. The Bertz CT molecular complexity index is 1690. The molecule has 192 valence electrons. The van der Waals surface area contributed by atoms with Crippen molar-refractivity contribution >= 4 is 26.6 Å². The van der Waals surface area contributed by atoms with Gasteiger partial charge in [-0.2, -0.15) is 5.10 Å². The fourth-order valence-electron chi connectivity index (χ4n) is 4.64. The van der Waals surface area contributed by atoms with Crippen molar-refractivity contribution in [3.8, 4) is 28.1 Å². The third kappa shape index (κ3) is 4.95. The van der Waals surface area contributed by atoms with Crippen LogP contribution in [0, 0.1) is 0 Å². The number of hydrogen-bond donors (Lipinski definition) is 0. The zero-order chi connectivity index (χ0) is 26.1. The Morgan fingerprint density at radius 3 is 2.39 bits per heavy atom. The number of ether oxygens (including phenoxy) is 1. The Balaban J connectivity index is 1.22. The highest BCUT2D eigenvalue weighted by atomic mass is 32.2. The number of fused-ring (bicyclic) bond motifs is 1. The SMILES string of the molecule is Cn1cc(-c2ccncc2)c(-c2ccc(OCc3nc(N4CCS(=O)(=O)CC4)c4ccccc4n3)cc2)n1. The summed E-state index contributed by atoms with van der Waals surface area (Å²) in [6.07, 6.45) is 5.55. The van der Waals surface area contributed by atoms with Crippen LogP contribution in [0.3, 0.4) is 0 Å². The molecule has 0 saturated carbocycles. The number of anilines is 1. The average molecular weight is 527 g/mol. The number of hydrogen-bond acceptors (Lipinski definition) is 8. The van der Waals surface area contributed by atoms with E-state index in [2.05, 4.69) is 15.1 Å². The minimum Gasteiger partial charge on any atom is -0.486 e. The van der Waals surface area contributed by atoms with Crippen LogP contribution in [0.25, 0.3) is 33.3 Å². The van der Waals surface area contributed by atoms with E-state index in [1.54, 1.807) is 12.4 Å². The van der Waals surface area contributed by atoms with E-state index in [9.17, 15) is 8.42 Å². The van der Waals surface area contributed by atoms with Crippen molar-refractivity contribution < 1.29 is 13.2 Å². The molecule has 6 rings (SSSR count). The molecule has 0 bridgehead atoms. The predicted molar refractivity (Wildman–Crippen MR) is 147 cm³/mol. The number of rotatable bonds is 6. The number of aromatic nitrogens is 5. The molecule has 2 aromatic carbocycles. The molecule has 1 aliphatic heterocycles. The summed E-state index contributed by atoms with van der Waals surface area (Å²) >= 11 is 0. The predicted octanol–water partition coefficient (Wildman–Crippen LogP) is 3.91. The number of nitrogens with zero attached hydrogens (tertiary/aromatic N) is 6. The Labute approximate surface area is 220 Å². The lowest BCUT2D eigenvalue weighted by molar-refractivity contribution is 0.296. The van der Waals surface area contributed by atoms with Gasteiger partial charge in [-0.15, -0.1) is 0 Å². The second-order valence-corrected chi connectivity index (χ2v) is 11.5. The van der Waals surface area contributed by atoms with Crippen molar-refractivity contribution in [3.63, 3.8) is 0 Å². The van der Waals surface area contributed by atoms with Gasteiger partial charge in [-0.3, -0.25) is 9.67 Å². The fourth-order valence-corrected chi connectivity index (χ4v) is 5.84. The number of para-hydroxylation sites is 1. The number of benzene rings is 2. The molecule has 0 amide bonds. The first-order chi connectivity index (χ1) is 18.4. The van der Waals surface area contributed by atoms with Gasteiger partial charge >= 0.3 is 0 Å². The van der Waals surface area contributed by atoms with Crippen LogP contribution in [-0.4, -0.2) is 57.7 Å². The minimum atomic E-state index is -2.99. The van der Waals surface area contributed by atoms with Crippen molar-refractivity contribution in [2.45, 2.75) is 6.61 Å². The Kier molecular flexibility index (Phi) is 6.24. The summed E-state index contributed by atoms with van der Waals surface area (Å²) in [5, 5.41) is 5.57. The molecule has 0 aliphatic carbocycles. The molecular weight excluding hydrogens is 500 g/mol. The third-order valence-electron chi connectivity index (χ3n) is 6.59. The average Bonchev–Trinajstić information content (AvgIpc) is 3.34. The van der Waals surface area contributed by atoms with Gasteiger partial charge in [-0.25, -0.2) is 18.4 Å². The van der Waals surface area contributed by atoms with Crippen molar-refractivity contribution in [3.05, 3.63) is 85.1 Å². The molecule has 0 radical (unpaired) electrons. The van der Waals surface area contributed by atoms with Crippen LogP contribution in [0.2, 0.25) is 0 Å². The summed E-state index contributed by atoms with van der Waals surface area (Å²) in [4.78, 5) is 15.6. The maximum atomic E-state index is 11.9. The van der Waals surface area contributed by atoms with Crippen molar-refractivity contribution in [2.75, 3.05) is 29.5 Å². The number of pyridine rings is 1. The van der Waals surface area contributed by atoms with Gasteiger partial charge in [0.05, 0.1) is 17.0 Å². The van der Waals surface area contributed by atoms with Crippen LogP contribution in [-0.2, 0) is 23.5 Å². The van der Waals surface area contributed by atoms with Crippen LogP contribution in [0.4, 0.5) is 5.82 Å². The normalized spacial score (nSPS) is 15.0. The molecule has 1 aliphatic rings. The van der Waals surface area contributed by atoms with Gasteiger partial charge in [0.25, 0.3) is 0 Å². The maximum Gasteiger partial charge on any atom is 0.168 e. The van der Waals surface area contributed by atoms with Crippen LogP contribution in [0.5, 0.6) is 5.75 Å². The smallest absolute Gasteiger partial charge is 0.168 e. The second kappa shape index (κ2) is 9.86. The van der Waals surface area contributed by atoms with E-state index in [0.29, 0.717) is 24.7 Å². The first-order valence-electron chi connectivity index (χ1n) is 12.3. The largest absolute Gasteiger partial charge is 0.486 e. The van der Waals surface area contributed by atoms with E-state index in [1.165, 1.54) is 0 Å². The molecule has 38 heavy (non-hydrogen) atoms. The summed E-state index contributed by atoms with van der Waals surface area (Å²) in [6.45, 7) is 1.02. The lowest BCUT2D eigenvalue weighted by Gasteiger charge is -2.28. The molecule has 5 aromatic rings. The van der Waals surface area contributed by atoms with E-state index in [4.69, 9.17) is 9.72 Å². The summed E-state index contributed by atoms with van der Waals surface area (Å²) in [5.41, 5.74) is 4.76. The molecule has 1 saturated heterocycles. The van der Waals surface area contributed by atoms with Gasteiger partial charge in [0.15, 0.2) is 15.7 Å². The zero-order valence-corrected chi connectivity index (χ0v) is 21.7. The van der Waals surface area contributed by atoms with E-state index in [-0.39, 0.29) is 18.1 Å². The maximum absolute atomic E-state index is 11.9. The summed E-state index contributed by atoms with van der Waals surface area (Å²) in [7, 11) is -1.08. The molecule has 0 N–H and O–H groups in total. The van der Waals surface area contributed by atoms with E-state index >= 15 is 0 Å². The van der Waals surface area contributed by atoms with Crippen LogP contribution >= 0.6 is 0 Å². The molecule has 4 heterocycles. The quantitative estimate of drug-likeness (QED) is 0.328. The fraction of sp³-hybridized carbons (Fsp3) is 0.214. The Hall–Kier alpha value is -4.31. The van der Waals surface area contributed by atoms with Gasteiger partial charge in [-0.1, -0.05) is 12.1 Å². The first-order valence-corrected chi connectivity index (χ1v) is 14.2. The molecular formula is C28H26N6O3S. The van der Waals surface area contributed by atoms with Crippen LogP contribution in [0.15, 0.2) is 79.3 Å². The topological polar surface area (TPSA) is 103 Å². The first kappa shape index (κ1) is 24.1. The third-order valence-corrected chi connectivity index (χ3v) is 8.20. The van der Waals surface area contributed by atoms with Gasteiger partial charge in [0.2, 0.25) is 0 Å². The number of sulfone groups is 1. The summed E-state index contributed by atoms with van der Waals surface area (Å²) < 4.78 is 31.7. The lowest BCUT2D eigenvalue weighted by Crippen LogP contribution is -2.41. The zero-order valence-electron chi connectivity index (χ0n) is 20.9. The van der Waals surface area contributed by atoms with Gasteiger partial charge in [0.1, 0.15) is 23.9 Å². The van der Waals surface area contributed by atoms with Gasteiger partial charge < -0.3 is 9.64 Å². The van der Waals surface area contributed by atoms with E-state index in [0.717, 1.165) is 39.1 Å². The standard InChI is InChI=1S/C28H26N6O3S/c1-33-18-24(20-10-12-29-13-11-20)27(32-33)21-6-8-22(9-7-21)37-19-26-30-25-5-3-2-4-23(25)28(31-26)34-14-16-38(35,36)17-15-34/h2-13,18H,14-17,19H2,1H3. The van der Waals surface area contributed by atoms with Crippen molar-refractivity contribution in [2.24, 2.45) is 7.05 Å². The van der Waals surface area contributed by atoms with Crippen LogP contribution < -0.4 is 9.64 Å². The summed E-state index contributed by atoms with van der Waals surface area (Å²) in [6, 6.07) is 19.5. The minimum absolute atomic E-state index is 0.128.